The van der Waals surface area contributed by atoms with Crippen LogP contribution in [0.5, 0.6) is 0 Å². The van der Waals surface area contributed by atoms with Crippen molar-refractivity contribution in [2.24, 2.45) is 11.5 Å². The van der Waals surface area contributed by atoms with Crippen LogP contribution in [-0.4, -0.2) is 49.8 Å². The second kappa shape index (κ2) is 41.3. The molecule has 6 nitrogen and oxygen atoms in total. The Hall–Kier alpha value is -0.820. The number of carbonyl (C=O) groups is 2. The molecule has 0 fully saturated rings. The van der Waals surface area contributed by atoms with Gasteiger partial charge >= 0.3 is 0 Å². The molecule has 310 valence electrons. The van der Waals surface area contributed by atoms with E-state index in [0.29, 0.717) is 38.9 Å². The van der Waals surface area contributed by atoms with Crippen molar-refractivity contribution in [1.29, 1.82) is 0 Å². The minimum atomic E-state index is -1.10. The molecule has 0 aliphatic carbocycles. The Labute approximate surface area is 325 Å². The first-order valence-electron chi connectivity index (χ1n) is 23.5. The lowest BCUT2D eigenvalue weighted by Crippen LogP contribution is -2.59. The van der Waals surface area contributed by atoms with Crippen LogP contribution in [0.2, 0.25) is 0 Å². The number of Topliss-reactive ketones (excluding diaryl/α,β-unsaturated/α-hetero) is 2. The zero-order chi connectivity index (χ0) is 38.1. The summed E-state index contributed by atoms with van der Waals surface area (Å²) in [7, 11) is 0. The third kappa shape index (κ3) is 31.5. The molecule has 0 aromatic heterocycles. The summed E-state index contributed by atoms with van der Waals surface area (Å²) in [6.07, 6.45) is 43.5. The Morgan fingerprint density at radius 2 is 0.692 bits per heavy atom. The van der Waals surface area contributed by atoms with E-state index in [1.807, 2.05) is 0 Å². The summed E-state index contributed by atoms with van der Waals surface area (Å²) in [5.41, 5.74) is 10.6. The van der Waals surface area contributed by atoms with E-state index < -0.39 is 5.54 Å². The van der Waals surface area contributed by atoms with Gasteiger partial charge in [-0.2, -0.15) is 0 Å². The molecule has 0 saturated carbocycles. The van der Waals surface area contributed by atoms with E-state index in [-0.39, 0.29) is 11.6 Å². The summed E-state index contributed by atoms with van der Waals surface area (Å²) < 4.78 is 0. The molecule has 0 unspecified atom stereocenters. The second-order valence-electron chi connectivity index (χ2n) is 16.2. The number of nitrogens with two attached hydrogens (primary N) is 2. The third-order valence-electron chi connectivity index (χ3n) is 11.3. The van der Waals surface area contributed by atoms with Gasteiger partial charge in [-0.05, 0) is 71.2 Å². The number of hydrogen-bond acceptors (Lipinski definition) is 6. The number of hydrogen-bond donors (Lipinski definition) is 4. The van der Waals surface area contributed by atoms with Crippen molar-refractivity contribution in [3.05, 3.63) is 0 Å². The molecular weight excluding hydrogens is 641 g/mol. The highest BCUT2D eigenvalue weighted by atomic mass is 16.2. The average molecular weight is 735 g/mol. The van der Waals surface area contributed by atoms with Gasteiger partial charge in [0.1, 0.15) is 5.54 Å². The predicted octanol–water partition coefficient (Wildman–Crippen LogP) is 12.0. The Morgan fingerprint density at radius 3 is 1.02 bits per heavy atom. The summed E-state index contributed by atoms with van der Waals surface area (Å²) in [6.45, 7) is 8.18. The average Bonchev–Trinajstić information content (AvgIpc) is 3.15. The molecule has 0 aliphatic rings. The molecule has 0 atom stereocenters. The summed E-state index contributed by atoms with van der Waals surface area (Å²) in [5.74, 6) is 0.166. The SMILES string of the molecule is CCCCCCCCCCCCCCCCCC(=O)C(CCN)(NCCCCNCCCN)C(=O)CCCCCCCCCCCCCCCCC. The van der Waals surface area contributed by atoms with Crippen molar-refractivity contribution in [3.63, 3.8) is 0 Å². The first-order valence-corrected chi connectivity index (χ1v) is 23.5. The molecule has 0 aromatic carbocycles. The fourth-order valence-electron chi connectivity index (χ4n) is 7.71. The Balaban J connectivity index is 4.50. The van der Waals surface area contributed by atoms with Gasteiger partial charge in [-0.3, -0.25) is 14.9 Å². The molecule has 0 rings (SSSR count). The maximum absolute atomic E-state index is 13.9. The van der Waals surface area contributed by atoms with Crippen LogP contribution in [0.25, 0.3) is 0 Å². The van der Waals surface area contributed by atoms with E-state index in [1.165, 1.54) is 167 Å². The molecule has 0 bridgehead atoms. The first-order chi connectivity index (χ1) is 25.6. The van der Waals surface area contributed by atoms with E-state index in [4.69, 9.17) is 11.5 Å². The van der Waals surface area contributed by atoms with E-state index in [1.54, 1.807) is 0 Å². The first kappa shape index (κ1) is 51.2. The molecule has 0 aromatic rings. The molecule has 0 heterocycles. The van der Waals surface area contributed by atoms with Gasteiger partial charge in [0.25, 0.3) is 0 Å². The monoisotopic (exact) mass is 735 g/mol. The lowest BCUT2D eigenvalue weighted by atomic mass is 9.80. The number of rotatable bonds is 45. The van der Waals surface area contributed by atoms with Crippen LogP contribution in [-0.2, 0) is 9.59 Å². The van der Waals surface area contributed by atoms with Gasteiger partial charge in [-0.25, -0.2) is 0 Å². The molecule has 6 N–H and O–H groups in total. The topological polar surface area (TPSA) is 110 Å². The number of ketones is 2. The van der Waals surface area contributed by atoms with Crippen LogP contribution in [0.4, 0.5) is 0 Å². The van der Waals surface area contributed by atoms with Gasteiger partial charge in [-0.15, -0.1) is 0 Å². The fraction of sp³-hybridized carbons (Fsp3) is 0.957. The summed E-state index contributed by atoms with van der Waals surface area (Å²) in [6, 6.07) is 0. The van der Waals surface area contributed by atoms with Gasteiger partial charge in [-0.1, -0.05) is 194 Å². The van der Waals surface area contributed by atoms with E-state index in [0.717, 1.165) is 58.0 Å². The van der Waals surface area contributed by atoms with Crippen molar-refractivity contribution < 1.29 is 9.59 Å². The zero-order valence-electron chi connectivity index (χ0n) is 35.5. The van der Waals surface area contributed by atoms with Crippen molar-refractivity contribution in [2.75, 3.05) is 32.7 Å². The Morgan fingerprint density at radius 1 is 0.385 bits per heavy atom. The molecule has 52 heavy (non-hydrogen) atoms. The fourth-order valence-corrected chi connectivity index (χ4v) is 7.71. The maximum atomic E-state index is 13.9. The highest BCUT2D eigenvalue weighted by Crippen LogP contribution is 2.23. The largest absolute Gasteiger partial charge is 0.330 e. The smallest absolute Gasteiger partial charge is 0.160 e. The van der Waals surface area contributed by atoms with Crippen LogP contribution in [0, 0.1) is 0 Å². The summed E-state index contributed by atoms with van der Waals surface area (Å²) >= 11 is 0. The quantitative estimate of drug-likeness (QED) is 0.0366. The standard InChI is InChI=1S/C46H94N4O2/c1-3-5-7-9-11-13-15-17-19-21-23-25-27-29-31-36-44(51)46(38-40-48,50-43-34-33-41-49-42-35-39-47)45(52)37-32-30-28-26-24-22-20-18-16-14-12-10-8-6-4-2/h49-50H,3-43,47-48H2,1-2H3. The number of nitrogens with one attached hydrogen (secondary N) is 2. The highest BCUT2D eigenvalue weighted by Gasteiger charge is 2.42. The zero-order valence-corrected chi connectivity index (χ0v) is 35.5. The van der Waals surface area contributed by atoms with Gasteiger partial charge in [0.15, 0.2) is 11.6 Å². The molecule has 6 heteroatoms. The Kier molecular flexibility index (Phi) is 40.7. The highest BCUT2D eigenvalue weighted by molar-refractivity contribution is 6.11. The number of carbonyl (C=O) groups excluding carboxylic acids is 2. The van der Waals surface area contributed by atoms with Gasteiger partial charge in [0.2, 0.25) is 0 Å². The van der Waals surface area contributed by atoms with E-state index >= 15 is 0 Å². The van der Waals surface area contributed by atoms with Crippen LogP contribution in [0.15, 0.2) is 0 Å². The predicted molar refractivity (Wildman–Crippen MR) is 229 cm³/mol. The van der Waals surface area contributed by atoms with Crippen LogP contribution in [0.3, 0.4) is 0 Å². The van der Waals surface area contributed by atoms with Gasteiger partial charge < -0.3 is 16.8 Å². The van der Waals surface area contributed by atoms with E-state index in [2.05, 4.69) is 24.5 Å². The Bertz CT molecular complexity index is 700. The van der Waals surface area contributed by atoms with E-state index in [9.17, 15) is 9.59 Å². The lowest BCUT2D eigenvalue weighted by molar-refractivity contribution is -0.137. The minimum absolute atomic E-state index is 0.0830. The maximum Gasteiger partial charge on any atom is 0.160 e. The van der Waals surface area contributed by atoms with Crippen molar-refractivity contribution in [2.45, 2.75) is 251 Å². The van der Waals surface area contributed by atoms with Crippen LogP contribution >= 0.6 is 0 Å². The lowest BCUT2D eigenvalue weighted by Gasteiger charge is -2.32. The second-order valence-corrected chi connectivity index (χ2v) is 16.2. The van der Waals surface area contributed by atoms with Gasteiger partial charge in [0, 0.05) is 12.8 Å². The summed E-state index contributed by atoms with van der Waals surface area (Å²) in [5, 5.41) is 6.95. The molecular formula is C46H94N4O2. The minimum Gasteiger partial charge on any atom is -0.330 e. The third-order valence-corrected chi connectivity index (χ3v) is 11.3. The summed E-state index contributed by atoms with van der Waals surface area (Å²) in [4.78, 5) is 27.7. The number of unbranched alkanes of at least 4 members (excludes halogenated alkanes) is 29. The van der Waals surface area contributed by atoms with Crippen LogP contribution < -0.4 is 22.1 Å². The molecule has 0 aliphatic heterocycles. The van der Waals surface area contributed by atoms with Gasteiger partial charge in [0.05, 0.1) is 0 Å². The normalized spacial score (nSPS) is 11.8. The van der Waals surface area contributed by atoms with Crippen molar-refractivity contribution in [1.82, 2.24) is 10.6 Å². The molecule has 0 saturated heterocycles. The molecule has 0 spiro atoms. The van der Waals surface area contributed by atoms with Crippen molar-refractivity contribution in [3.8, 4) is 0 Å². The van der Waals surface area contributed by atoms with Crippen molar-refractivity contribution >= 4 is 11.6 Å². The molecule has 0 radical (unpaired) electrons. The molecule has 0 amide bonds. The van der Waals surface area contributed by atoms with Crippen LogP contribution in [0.1, 0.15) is 245 Å².